The van der Waals surface area contributed by atoms with Gasteiger partial charge in [-0.2, -0.15) is 0 Å². The van der Waals surface area contributed by atoms with Crippen LogP contribution in [-0.2, 0) is 0 Å². The number of hydrogen-bond donors (Lipinski definition) is 1. The summed E-state index contributed by atoms with van der Waals surface area (Å²) in [6, 6.07) is 14.5. The van der Waals surface area contributed by atoms with Crippen LogP contribution >= 0.6 is 27.5 Å². The molecule has 3 heterocycles. The van der Waals surface area contributed by atoms with Crippen LogP contribution < -0.4 is 5.32 Å². The summed E-state index contributed by atoms with van der Waals surface area (Å²) >= 11 is 10.0. The number of likely N-dealkylation sites (N-methyl/N-ethyl adjacent to an activating group) is 1. The first-order chi connectivity index (χ1) is 16.9. The zero-order valence-electron chi connectivity index (χ0n) is 20.1. The monoisotopic (exact) mass is 558 g/mol. The van der Waals surface area contributed by atoms with E-state index in [4.69, 9.17) is 11.6 Å². The largest absolute Gasteiger partial charge is 0.338 e. The predicted molar refractivity (Wildman–Crippen MR) is 142 cm³/mol. The number of hydrogen-bond acceptors (Lipinski definition) is 3. The number of likely N-dealkylation sites (tertiary alicyclic amines) is 1. The number of piperidine rings is 1. The average molecular weight is 560 g/mol. The van der Waals surface area contributed by atoms with Gasteiger partial charge in [-0.25, -0.2) is 4.79 Å². The van der Waals surface area contributed by atoms with E-state index in [1.807, 2.05) is 47.2 Å². The molecule has 35 heavy (non-hydrogen) atoms. The first-order valence-electron chi connectivity index (χ1n) is 12.5. The molecule has 0 radical (unpaired) electrons. The number of amides is 3. The molecule has 2 aromatic carbocycles. The predicted octanol–water partition coefficient (Wildman–Crippen LogP) is 5.28. The molecular weight excluding hydrogens is 528 g/mol. The molecule has 2 fully saturated rings. The summed E-state index contributed by atoms with van der Waals surface area (Å²) in [4.78, 5) is 31.7. The Labute approximate surface area is 220 Å². The molecule has 5 rings (SSSR count). The fraction of sp³-hybridized carbons (Fsp3) is 0.481. The van der Waals surface area contributed by atoms with Gasteiger partial charge in [0.15, 0.2) is 0 Å². The van der Waals surface area contributed by atoms with Crippen LogP contribution in [0.3, 0.4) is 0 Å². The Kier molecular flexibility index (Phi) is 7.37. The molecule has 1 N–H and O–H groups in total. The van der Waals surface area contributed by atoms with Gasteiger partial charge in [0.1, 0.15) is 0 Å². The number of benzene rings is 2. The van der Waals surface area contributed by atoms with Crippen LogP contribution in [0.2, 0.25) is 5.02 Å². The van der Waals surface area contributed by atoms with Gasteiger partial charge >= 0.3 is 6.03 Å². The summed E-state index contributed by atoms with van der Waals surface area (Å²) < 4.78 is 0.877. The van der Waals surface area contributed by atoms with Gasteiger partial charge in [0.05, 0.1) is 11.1 Å². The van der Waals surface area contributed by atoms with Crippen LogP contribution in [-0.4, -0.2) is 72.5 Å². The van der Waals surface area contributed by atoms with Crippen molar-refractivity contribution in [3.8, 4) is 0 Å². The minimum absolute atomic E-state index is 0.0227. The van der Waals surface area contributed by atoms with E-state index in [2.05, 4.69) is 38.3 Å². The molecule has 2 atom stereocenters. The Morgan fingerprint density at radius 1 is 1.11 bits per heavy atom. The molecule has 0 bridgehead atoms. The zero-order valence-corrected chi connectivity index (χ0v) is 22.4. The third-order valence-corrected chi connectivity index (χ3v) is 9.10. The Morgan fingerprint density at radius 2 is 1.89 bits per heavy atom. The molecule has 0 aliphatic carbocycles. The van der Waals surface area contributed by atoms with Gasteiger partial charge in [0.2, 0.25) is 0 Å². The van der Waals surface area contributed by atoms with Crippen LogP contribution in [0.5, 0.6) is 0 Å². The average Bonchev–Trinajstić information content (AvgIpc) is 3.12. The van der Waals surface area contributed by atoms with Crippen molar-refractivity contribution in [2.24, 2.45) is 0 Å². The van der Waals surface area contributed by atoms with E-state index < -0.39 is 0 Å². The SMILES string of the molecule is CN1C(=O)c2ccccc2[C@H]1[C@@H](CCN1CCC(N2CCCNC2=O)CC1)c1ccc(Br)c(Cl)c1. The highest BCUT2D eigenvalue weighted by Crippen LogP contribution is 2.45. The Balaban J connectivity index is 1.32. The Morgan fingerprint density at radius 3 is 2.63 bits per heavy atom. The van der Waals surface area contributed by atoms with Gasteiger partial charge in [-0.3, -0.25) is 4.79 Å². The van der Waals surface area contributed by atoms with Crippen molar-refractivity contribution in [3.63, 3.8) is 0 Å². The van der Waals surface area contributed by atoms with E-state index in [-0.39, 0.29) is 23.9 Å². The topological polar surface area (TPSA) is 55.9 Å². The van der Waals surface area contributed by atoms with Gasteiger partial charge in [0, 0.05) is 55.2 Å². The van der Waals surface area contributed by atoms with Crippen molar-refractivity contribution in [3.05, 3.63) is 68.7 Å². The van der Waals surface area contributed by atoms with Crippen molar-refractivity contribution >= 4 is 39.5 Å². The minimum Gasteiger partial charge on any atom is -0.338 e. The summed E-state index contributed by atoms with van der Waals surface area (Å²) in [7, 11) is 1.91. The summed E-state index contributed by atoms with van der Waals surface area (Å²) in [5.74, 6) is 0.211. The maximum Gasteiger partial charge on any atom is 0.317 e. The second-order valence-corrected chi connectivity index (χ2v) is 11.1. The van der Waals surface area contributed by atoms with Crippen LogP contribution in [0.4, 0.5) is 4.79 Å². The molecule has 6 nitrogen and oxygen atoms in total. The van der Waals surface area contributed by atoms with E-state index >= 15 is 0 Å². The number of carbonyl (C=O) groups excluding carboxylic acids is 2. The third-order valence-electron chi connectivity index (χ3n) is 7.87. The van der Waals surface area contributed by atoms with Gasteiger partial charge in [-0.05, 0) is 77.5 Å². The van der Waals surface area contributed by atoms with E-state index in [9.17, 15) is 9.59 Å². The smallest absolute Gasteiger partial charge is 0.317 e. The lowest BCUT2D eigenvalue weighted by Crippen LogP contribution is -2.54. The highest BCUT2D eigenvalue weighted by molar-refractivity contribution is 9.10. The second-order valence-electron chi connectivity index (χ2n) is 9.87. The first kappa shape index (κ1) is 24.6. The third kappa shape index (κ3) is 4.95. The quantitative estimate of drug-likeness (QED) is 0.524. The normalized spacial score (nSPS) is 22.3. The molecule has 2 aromatic rings. The van der Waals surface area contributed by atoms with Gasteiger partial charge < -0.3 is 20.0 Å². The highest BCUT2D eigenvalue weighted by atomic mass is 79.9. The van der Waals surface area contributed by atoms with Crippen molar-refractivity contribution in [1.82, 2.24) is 20.0 Å². The van der Waals surface area contributed by atoms with Gasteiger partial charge in [-0.15, -0.1) is 0 Å². The molecule has 3 amide bonds. The number of halogens is 2. The fourth-order valence-corrected chi connectivity index (χ4v) is 6.42. The number of urea groups is 1. The number of fused-ring (bicyclic) bond motifs is 1. The molecule has 3 aliphatic heterocycles. The van der Waals surface area contributed by atoms with E-state index in [1.165, 1.54) is 0 Å². The number of carbonyl (C=O) groups is 2. The molecule has 2 saturated heterocycles. The van der Waals surface area contributed by atoms with Crippen molar-refractivity contribution in [2.75, 3.05) is 39.8 Å². The second kappa shape index (κ2) is 10.5. The maximum atomic E-state index is 13.0. The molecule has 0 spiro atoms. The minimum atomic E-state index is -0.0227. The van der Waals surface area contributed by atoms with Crippen LogP contribution in [0.15, 0.2) is 46.9 Å². The summed E-state index contributed by atoms with van der Waals surface area (Å²) in [6.45, 7) is 4.57. The van der Waals surface area contributed by atoms with Crippen molar-refractivity contribution in [1.29, 1.82) is 0 Å². The lowest BCUT2D eigenvalue weighted by Gasteiger charge is -2.40. The van der Waals surface area contributed by atoms with Gasteiger partial charge in [-0.1, -0.05) is 35.9 Å². The molecule has 0 aromatic heterocycles. The van der Waals surface area contributed by atoms with E-state index in [0.29, 0.717) is 11.1 Å². The lowest BCUT2D eigenvalue weighted by molar-refractivity contribution is 0.0740. The number of rotatable bonds is 6. The molecule has 0 unspecified atom stereocenters. The zero-order chi connectivity index (χ0) is 24.5. The lowest BCUT2D eigenvalue weighted by atomic mass is 9.84. The summed E-state index contributed by atoms with van der Waals surface area (Å²) in [5.41, 5.74) is 3.05. The van der Waals surface area contributed by atoms with E-state index in [1.54, 1.807) is 0 Å². The summed E-state index contributed by atoms with van der Waals surface area (Å²) in [6.07, 6.45) is 3.96. The molecule has 0 saturated carbocycles. The number of nitrogens with zero attached hydrogens (tertiary/aromatic N) is 3. The highest BCUT2D eigenvalue weighted by Gasteiger charge is 2.40. The standard InChI is InChI=1S/C27H32BrClN4O2/c1-31-25(21-5-2-3-6-22(21)26(31)34)20(18-7-8-23(28)24(29)17-18)11-16-32-14-9-19(10-15-32)33-13-4-12-30-27(33)35/h2-3,5-8,17,19-20,25H,4,9-16H2,1H3,(H,30,35)/t20-,25+/m0/s1. The Bertz CT molecular complexity index is 1100. The number of nitrogens with one attached hydrogen (secondary N) is 1. The first-order valence-corrected chi connectivity index (χ1v) is 13.7. The van der Waals surface area contributed by atoms with Gasteiger partial charge in [0.25, 0.3) is 5.91 Å². The molecule has 8 heteroatoms. The van der Waals surface area contributed by atoms with Crippen molar-refractivity contribution in [2.45, 2.75) is 43.7 Å². The molecule has 3 aliphatic rings. The molecule has 186 valence electrons. The van der Waals surface area contributed by atoms with Crippen LogP contribution in [0.1, 0.15) is 59.1 Å². The van der Waals surface area contributed by atoms with Crippen LogP contribution in [0.25, 0.3) is 0 Å². The fourth-order valence-electron chi connectivity index (χ4n) is 5.98. The van der Waals surface area contributed by atoms with Crippen LogP contribution in [0, 0.1) is 0 Å². The molecular formula is C27H32BrClN4O2. The maximum absolute atomic E-state index is 13.0. The Hall–Kier alpha value is -2.09. The van der Waals surface area contributed by atoms with Crippen molar-refractivity contribution < 1.29 is 9.59 Å². The van der Waals surface area contributed by atoms with E-state index in [0.717, 1.165) is 79.6 Å². The summed E-state index contributed by atoms with van der Waals surface area (Å²) in [5, 5.41) is 3.67.